The zero-order chi connectivity index (χ0) is 13.8. The number of hydrogen-bond donors (Lipinski definition) is 2. The van der Waals surface area contributed by atoms with E-state index in [2.05, 4.69) is 26.5 Å². The number of likely N-dealkylation sites (N-methyl/N-ethyl adjacent to an activating group) is 1. The van der Waals surface area contributed by atoms with Gasteiger partial charge in [0.1, 0.15) is 0 Å². The number of thiophene rings is 1. The average Bonchev–Trinajstić information content (AvgIpc) is 3.00. The maximum atomic E-state index is 12.0. The first-order valence-electron chi connectivity index (χ1n) is 6.07. The highest BCUT2D eigenvalue weighted by molar-refractivity contribution is 7.10. The zero-order valence-electron chi connectivity index (χ0n) is 11.3. The van der Waals surface area contributed by atoms with Gasteiger partial charge in [-0.2, -0.15) is 5.10 Å². The first kappa shape index (κ1) is 13.8. The molecule has 102 valence electrons. The summed E-state index contributed by atoms with van der Waals surface area (Å²) in [6.07, 6.45) is 1.56. The molecular formula is C13H18N4OS. The third-order valence-electron chi connectivity index (χ3n) is 3.03. The lowest BCUT2D eigenvalue weighted by molar-refractivity contribution is 0.0941. The zero-order valence-corrected chi connectivity index (χ0v) is 12.1. The summed E-state index contributed by atoms with van der Waals surface area (Å²) in [6.45, 7) is 2.42. The number of rotatable bonds is 5. The lowest BCUT2D eigenvalue weighted by Gasteiger charge is -2.23. The largest absolute Gasteiger partial charge is 0.350 e. The summed E-state index contributed by atoms with van der Waals surface area (Å²) < 4.78 is 0. The van der Waals surface area contributed by atoms with Gasteiger partial charge in [0.05, 0.1) is 17.8 Å². The smallest absolute Gasteiger partial charge is 0.254 e. The highest BCUT2D eigenvalue weighted by Gasteiger charge is 2.17. The third-order valence-corrected chi connectivity index (χ3v) is 4.00. The molecule has 0 radical (unpaired) electrons. The van der Waals surface area contributed by atoms with Gasteiger partial charge in [-0.25, -0.2) is 0 Å². The van der Waals surface area contributed by atoms with Crippen LogP contribution in [0.15, 0.2) is 23.7 Å². The number of aryl methyl sites for hydroxylation is 1. The Morgan fingerprint density at radius 1 is 1.58 bits per heavy atom. The Kier molecular flexibility index (Phi) is 4.34. The number of aromatic nitrogens is 2. The Morgan fingerprint density at radius 3 is 2.89 bits per heavy atom. The van der Waals surface area contributed by atoms with Gasteiger partial charge in [0, 0.05) is 17.1 Å². The molecule has 5 nitrogen and oxygen atoms in total. The van der Waals surface area contributed by atoms with Crippen LogP contribution in [0.5, 0.6) is 0 Å². The van der Waals surface area contributed by atoms with E-state index >= 15 is 0 Å². The topological polar surface area (TPSA) is 61.0 Å². The second-order valence-electron chi connectivity index (χ2n) is 4.61. The predicted octanol–water partition coefficient (Wildman–Crippen LogP) is 1.81. The van der Waals surface area contributed by atoms with Crippen molar-refractivity contribution in [2.75, 3.05) is 20.6 Å². The molecule has 1 amide bonds. The molecule has 19 heavy (non-hydrogen) atoms. The maximum absolute atomic E-state index is 12.0. The predicted molar refractivity (Wildman–Crippen MR) is 76.4 cm³/mol. The summed E-state index contributed by atoms with van der Waals surface area (Å²) in [7, 11) is 4.03. The number of nitrogens with one attached hydrogen (secondary N) is 2. The molecule has 6 heteroatoms. The Hall–Kier alpha value is -1.66. The monoisotopic (exact) mass is 278 g/mol. The molecule has 1 unspecified atom stereocenters. The summed E-state index contributed by atoms with van der Waals surface area (Å²) in [5.74, 6) is -0.0883. The van der Waals surface area contributed by atoms with Gasteiger partial charge in [-0.3, -0.25) is 9.89 Å². The molecule has 2 rings (SSSR count). The van der Waals surface area contributed by atoms with E-state index in [0.29, 0.717) is 12.1 Å². The Morgan fingerprint density at radius 2 is 2.37 bits per heavy atom. The molecule has 2 aromatic heterocycles. The number of nitrogens with zero attached hydrogens (tertiary/aromatic N) is 2. The molecule has 0 aliphatic heterocycles. The van der Waals surface area contributed by atoms with Crippen LogP contribution >= 0.6 is 11.3 Å². The van der Waals surface area contributed by atoms with Gasteiger partial charge in [0.2, 0.25) is 0 Å². The van der Waals surface area contributed by atoms with E-state index in [4.69, 9.17) is 0 Å². The minimum Gasteiger partial charge on any atom is -0.350 e. The molecule has 2 heterocycles. The fourth-order valence-electron chi connectivity index (χ4n) is 1.88. The van der Waals surface area contributed by atoms with Crippen LogP contribution in [0, 0.1) is 6.92 Å². The second kappa shape index (κ2) is 5.99. The molecule has 0 saturated carbocycles. The van der Waals surface area contributed by atoms with Crippen molar-refractivity contribution < 1.29 is 4.79 Å². The van der Waals surface area contributed by atoms with Gasteiger partial charge in [0.25, 0.3) is 5.91 Å². The standard InChI is InChI=1S/C13H18N4OS/c1-9-10(7-15-16-9)13(18)14-8-11(17(2)3)12-5-4-6-19-12/h4-7,11H,8H2,1-3H3,(H,14,18)(H,15,16). The van der Waals surface area contributed by atoms with Gasteiger partial charge in [-0.15, -0.1) is 11.3 Å². The molecular weight excluding hydrogens is 260 g/mol. The van der Waals surface area contributed by atoms with Crippen LogP contribution in [-0.2, 0) is 0 Å². The number of hydrogen-bond acceptors (Lipinski definition) is 4. The van der Waals surface area contributed by atoms with Gasteiger partial charge >= 0.3 is 0 Å². The van der Waals surface area contributed by atoms with E-state index < -0.39 is 0 Å². The normalized spacial score (nSPS) is 12.6. The van der Waals surface area contributed by atoms with Crippen molar-refractivity contribution in [3.8, 4) is 0 Å². The first-order chi connectivity index (χ1) is 9.09. The third kappa shape index (κ3) is 3.21. The summed E-state index contributed by atoms with van der Waals surface area (Å²) >= 11 is 1.70. The molecule has 2 N–H and O–H groups in total. The minimum atomic E-state index is -0.0883. The Balaban J connectivity index is 2.00. The molecule has 0 spiro atoms. The van der Waals surface area contributed by atoms with Crippen LogP contribution < -0.4 is 5.32 Å². The van der Waals surface area contributed by atoms with Gasteiger partial charge in [-0.05, 0) is 32.5 Å². The van der Waals surface area contributed by atoms with Gasteiger partial charge in [-0.1, -0.05) is 6.07 Å². The quantitative estimate of drug-likeness (QED) is 0.877. The van der Waals surface area contributed by atoms with E-state index in [1.165, 1.54) is 4.88 Å². The van der Waals surface area contributed by atoms with E-state index in [1.807, 2.05) is 32.5 Å². The number of carbonyl (C=O) groups is 1. The van der Waals surface area contributed by atoms with Gasteiger partial charge < -0.3 is 10.2 Å². The van der Waals surface area contributed by atoms with E-state index in [1.54, 1.807) is 17.5 Å². The fraction of sp³-hybridized carbons (Fsp3) is 0.385. The molecule has 0 aliphatic rings. The van der Waals surface area contributed by atoms with Crippen LogP contribution in [0.2, 0.25) is 0 Å². The molecule has 0 aromatic carbocycles. The molecule has 0 aliphatic carbocycles. The summed E-state index contributed by atoms with van der Waals surface area (Å²) in [4.78, 5) is 15.4. The number of aromatic amines is 1. The van der Waals surface area contributed by atoms with Crippen molar-refractivity contribution in [2.24, 2.45) is 0 Å². The van der Waals surface area contributed by atoms with Crippen molar-refractivity contribution in [1.29, 1.82) is 0 Å². The van der Waals surface area contributed by atoms with E-state index in [9.17, 15) is 4.79 Å². The Bertz CT molecular complexity index is 533. The van der Waals surface area contributed by atoms with Crippen molar-refractivity contribution in [3.63, 3.8) is 0 Å². The SMILES string of the molecule is Cc1[nH]ncc1C(=O)NCC(c1cccs1)N(C)C. The van der Waals surface area contributed by atoms with Crippen LogP contribution in [-0.4, -0.2) is 41.6 Å². The number of carbonyl (C=O) groups excluding carboxylic acids is 1. The Labute approximate surface area is 116 Å². The van der Waals surface area contributed by atoms with Crippen LogP contribution in [0.25, 0.3) is 0 Å². The van der Waals surface area contributed by atoms with E-state index in [0.717, 1.165) is 5.69 Å². The molecule has 0 bridgehead atoms. The highest BCUT2D eigenvalue weighted by atomic mass is 32.1. The van der Waals surface area contributed by atoms with Crippen molar-refractivity contribution in [2.45, 2.75) is 13.0 Å². The van der Waals surface area contributed by atoms with E-state index in [-0.39, 0.29) is 11.9 Å². The van der Waals surface area contributed by atoms with Crippen molar-refractivity contribution in [3.05, 3.63) is 39.8 Å². The van der Waals surface area contributed by atoms with Crippen molar-refractivity contribution in [1.82, 2.24) is 20.4 Å². The fourth-order valence-corrected chi connectivity index (χ4v) is 2.81. The molecule has 0 fully saturated rings. The summed E-state index contributed by atoms with van der Waals surface area (Å²) in [6, 6.07) is 4.31. The van der Waals surface area contributed by atoms with Crippen molar-refractivity contribution >= 4 is 17.2 Å². The molecule has 2 aromatic rings. The number of H-pyrrole nitrogens is 1. The van der Waals surface area contributed by atoms with Crippen LogP contribution in [0.3, 0.4) is 0 Å². The second-order valence-corrected chi connectivity index (χ2v) is 5.59. The average molecular weight is 278 g/mol. The highest BCUT2D eigenvalue weighted by Crippen LogP contribution is 2.22. The lowest BCUT2D eigenvalue weighted by atomic mass is 10.2. The van der Waals surface area contributed by atoms with Crippen LogP contribution in [0.1, 0.15) is 27.0 Å². The molecule has 0 saturated heterocycles. The summed E-state index contributed by atoms with van der Waals surface area (Å²) in [5.41, 5.74) is 1.39. The molecule has 1 atom stereocenters. The number of amides is 1. The van der Waals surface area contributed by atoms with Crippen LogP contribution in [0.4, 0.5) is 0 Å². The van der Waals surface area contributed by atoms with Gasteiger partial charge in [0.15, 0.2) is 0 Å². The lowest BCUT2D eigenvalue weighted by Crippen LogP contribution is -2.34. The minimum absolute atomic E-state index is 0.0883. The maximum Gasteiger partial charge on any atom is 0.254 e. The summed E-state index contributed by atoms with van der Waals surface area (Å²) in [5, 5.41) is 11.6. The first-order valence-corrected chi connectivity index (χ1v) is 6.95.